The lowest BCUT2D eigenvalue weighted by atomic mass is 10.3. The first-order chi connectivity index (χ1) is 9.74. The van der Waals surface area contributed by atoms with Gasteiger partial charge >= 0.3 is 0 Å². The summed E-state index contributed by atoms with van der Waals surface area (Å²) < 4.78 is 54.0. The van der Waals surface area contributed by atoms with Gasteiger partial charge < -0.3 is 10.5 Å². The van der Waals surface area contributed by atoms with E-state index in [0.717, 1.165) is 18.2 Å². The normalized spacial score (nSPS) is 11.8. The highest BCUT2D eigenvalue weighted by atomic mass is 32.2. The minimum Gasteiger partial charge on any atom is -0.398 e. The van der Waals surface area contributed by atoms with Crippen molar-refractivity contribution in [3.63, 3.8) is 0 Å². The Hall–Kier alpha value is -1.85. The number of hydrogen-bond donors (Lipinski definition) is 2. The van der Waals surface area contributed by atoms with Crippen LogP contribution in [0, 0.1) is 10.1 Å². The van der Waals surface area contributed by atoms with E-state index in [1.54, 1.807) is 0 Å². The molecule has 0 saturated heterocycles. The third kappa shape index (κ3) is 5.21. The fraction of sp³-hybridized carbons (Fsp3) is 0.400. The van der Waals surface area contributed by atoms with Crippen LogP contribution in [0.2, 0.25) is 0 Å². The smallest absolute Gasteiger partial charge is 0.270 e. The highest BCUT2D eigenvalue weighted by molar-refractivity contribution is 7.89. The van der Waals surface area contributed by atoms with Crippen molar-refractivity contribution in [2.24, 2.45) is 0 Å². The third-order valence-corrected chi connectivity index (χ3v) is 3.80. The molecule has 0 bridgehead atoms. The van der Waals surface area contributed by atoms with Crippen molar-refractivity contribution in [1.29, 1.82) is 0 Å². The molecule has 1 aromatic rings. The Morgan fingerprint density at radius 3 is 2.67 bits per heavy atom. The summed E-state index contributed by atoms with van der Waals surface area (Å²) in [6.45, 7) is -1.34. The van der Waals surface area contributed by atoms with Gasteiger partial charge in [0.2, 0.25) is 10.0 Å². The molecule has 3 N–H and O–H groups in total. The predicted molar refractivity (Wildman–Crippen MR) is 69.5 cm³/mol. The maximum absolute atomic E-state index is 11.9. The summed E-state index contributed by atoms with van der Waals surface area (Å²) in [5.41, 5.74) is 4.88. The SMILES string of the molecule is Nc1ccc([N+](=O)[O-])cc1S(=O)(=O)NCCOCC(F)F. The largest absolute Gasteiger partial charge is 0.398 e. The van der Waals surface area contributed by atoms with Crippen LogP contribution in [0.1, 0.15) is 0 Å². The van der Waals surface area contributed by atoms with Crippen molar-refractivity contribution in [1.82, 2.24) is 4.72 Å². The summed E-state index contributed by atoms with van der Waals surface area (Å²) in [7, 11) is -4.09. The van der Waals surface area contributed by atoms with Crippen LogP contribution in [-0.4, -0.2) is 39.5 Å². The number of sulfonamides is 1. The van der Waals surface area contributed by atoms with E-state index in [1.165, 1.54) is 0 Å². The summed E-state index contributed by atoms with van der Waals surface area (Å²) in [6, 6.07) is 2.98. The highest BCUT2D eigenvalue weighted by Crippen LogP contribution is 2.23. The second-order valence-electron chi connectivity index (χ2n) is 3.84. The monoisotopic (exact) mass is 325 g/mol. The van der Waals surface area contributed by atoms with E-state index in [2.05, 4.69) is 9.46 Å². The molecule has 0 aliphatic rings. The minimum absolute atomic E-state index is 0.165. The number of halogens is 2. The van der Waals surface area contributed by atoms with E-state index in [0.29, 0.717) is 0 Å². The van der Waals surface area contributed by atoms with Crippen LogP contribution in [0.3, 0.4) is 0 Å². The number of non-ortho nitro benzene ring substituents is 1. The second-order valence-corrected chi connectivity index (χ2v) is 5.58. The molecule has 1 rings (SSSR count). The van der Waals surface area contributed by atoms with Crippen molar-refractivity contribution in [3.8, 4) is 0 Å². The average Bonchev–Trinajstić information content (AvgIpc) is 2.37. The lowest BCUT2D eigenvalue weighted by molar-refractivity contribution is -0.385. The number of nitrogen functional groups attached to an aromatic ring is 1. The lowest BCUT2D eigenvalue weighted by Gasteiger charge is -2.09. The zero-order valence-electron chi connectivity index (χ0n) is 10.7. The number of nitro benzene ring substituents is 1. The summed E-state index contributed by atoms with van der Waals surface area (Å²) in [4.78, 5) is 9.40. The molecule has 8 nitrogen and oxygen atoms in total. The molecule has 0 aromatic heterocycles. The number of rotatable bonds is 8. The Morgan fingerprint density at radius 2 is 2.10 bits per heavy atom. The first kappa shape index (κ1) is 17.2. The standard InChI is InChI=1S/C10H13F2N3O5S/c11-10(12)6-20-4-3-14-21(18,19)9-5-7(15(16)17)1-2-8(9)13/h1-2,5,10,14H,3-4,6,13H2. The van der Waals surface area contributed by atoms with Crippen molar-refractivity contribution in [3.05, 3.63) is 28.3 Å². The van der Waals surface area contributed by atoms with Gasteiger partial charge in [0.15, 0.2) is 0 Å². The number of nitrogens with two attached hydrogens (primary N) is 1. The van der Waals surface area contributed by atoms with Crippen molar-refractivity contribution >= 4 is 21.4 Å². The van der Waals surface area contributed by atoms with Crippen molar-refractivity contribution < 1.29 is 26.9 Å². The Labute approximate surface area is 119 Å². The van der Waals surface area contributed by atoms with E-state index < -0.39 is 38.6 Å². The molecule has 11 heteroatoms. The number of nitrogens with zero attached hydrogens (tertiary/aromatic N) is 1. The molecular formula is C10H13F2N3O5S. The van der Waals surface area contributed by atoms with Crippen LogP contribution in [0.5, 0.6) is 0 Å². The van der Waals surface area contributed by atoms with Gasteiger partial charge in [0.25, 0.3) is 12.1 Å². The number of benzene rings is 1. The molecule has 0 aliphatic carbocycles. The quantitative estimate of drug-likeness (QED) is 0.314. The van der Waals surface area contributed by atoms with Crippen LogP contribution in [0.4, 0.5) is 20.2 Å². The van der Waals surface area contributed by atoms with E-state index in [1.807, 2.05) is 0 Å². The molecule has 0 unspecified atom stereocenters. The van der Waals surface area contributed by atoms with Crippen LogP contribution in [-0.2, 0) is 14.8 Å². The van der Waals surface area contributed by atoms with Crippen molar-refractivity contribution in [2.75, 3.05) is 25.5 Å². The molecule has 21 heavy (non-hydrogen) atoms. The van der Waals surface area contributed by atoms with E-state index in [4.69, 9.17) is 5.73 Å². The van der Waals surface area contributed by atoms with Gasteiger partial charge in [-0.2, -0.15) is 0 Å². The number of hydrogen-bond acceptors (Lipinski definition) is 6. The Bertz CT molecular complexity index is 609. The topological polar surface area (TPSA) is 125 Å². The fourth-order valence-corrected chi connectivity index (χ4v) is 2.53. The van der Waals surface area contributed by atoms with Gasteiger partial charge in [-0.15, -0.1) is 0 Å². The Kier molecular flexibility index (Phi) is 5.93. The number of nitro groups is 1. The molecule has 0 atom stereocenters. The van der Waals surface area contributed by atoms with E-state index in [9.17, 15) is 27.3 Å². The van der Waals surface area contributed by atoms with Crippen LogP contribution < -0.4 is 10.5 Å². The summed E-state index contributed by atoms with van der Waals surface area (Å²) in [5.74, 6) is 0. The lowest BCUT2D eigenvalue weighted by Crippen LogP contribution is -2.28. The van der Waals surface area contributed by atoms with Crippen LogP contribution >= 0.6 is 0 Å². The van der Waals surface area contributed by atoms with Gasteiger partial charge in [0.1, 0.15) is 11.5 Å². The fourth-order valence-electron chi connectivity index (χ4n) is 1.37. The number of nitrogens with one attached hydrogen (secondary N) is 1. The van der Waals surface area contributed by atoms with Gasteiger partial charge in [-0.1, -0.05) is 0 Å². The molecule has 0 fully saturated rings. The van der Waals surface area contributed by atoms with Gasteiger partial charge in [0.05, 0.1) is 17.2 Å². The van der Waals surface area contributed by atoms with Gasteiger partial charge in [-0.05, 0) is 6.07 Å². The van der Waals surface area contributed by atoms with Crippen LogP contribution in [0.15, 0.2) is 23.1 Å². The Morgan fingerprint density at radius 1 is 1.43 bits per heavy atom. The first-order valence-electron chi connectivity index (χ1n) is 5.63. The zero-order valence-corrected chi connectivity index (χ0v) is 11.5. The minimum atomic E-state index is -4.09. The molecule has 1 aromatic carbocycles. The van der Waals surface area contributed by atoms with Crippen molar-refractivity contribution in [2.45, 2.75) is 11.3 Å². The predicted octanol–water partition coefficient (Wildman–Crippen LogP) is 0.737. The summed E-state index contributed by atoms with van der Waals surface area (Å²) in [5, 5.41) is 10.6. The van der Waals surface area contributed by atoms with E-state index >= 15 is 0 Å². The molecule has 0 radical (unpaired) electrons. The molecule has 0 amide bonds. The molecule has 0 saturated carbocycles. The van der Waals surface area contributed by atoms with Gasteiger partial charge in [-0.3, -0.25) is 10.1 Å². The molecule has 118 valence electrons. The molecule has 0 spiro atoms. The highest BCUT2D eigenvalue weighted by Gasteiger charge is 2.20. The molecular weight excluding hydrogens is 312 g/mol. The summed E-state index contributed by atoms with van der Waals surface area (Å²) >= 11 is 0. The maximum Gasteiger partial charge on any atom is 0.270 e. The molecule has 0 heterocycles. The summed E-state index contributed by atoms with van der Waals surface area (Å²) in [6.07, 6.45) is -2.64. The Balaban J connectivity index is 2.74. The molecule has 0 aliphatic heterocycles. The van der Waals surface area contributed by atoms with Crippen LogP contribution in [0.25, 0.3) is 0 Å². The third-order valence-electron chi connectivity index (χ3n) is 2.28. The van der Waals surface area contributed by atoms with Gasteiger partial charge in [0, 0.05) is 18.7 Å². The van der Waals surface area contributed by atoms with Gasteiger partial charge in [-0.25, -0.2) is 21.9 Å². The number of alkyl halides is 2. The number of anilines is 1. The average molecular weight is 325 g/mol. The second kappa shape index (κ2) is 7.24. The maximum atomic E-state index is 11.9. The first-order valence-corrected chi connectivity index (χ1v) is 7.12. The van der Waals surface area contributed by atoms with E-state index in [-0.39, 0.29) is 18.8 Å². The number of ether oxygens (including phenoxy) is 1. The zero-order chi connectivity index (χ0) is 16.0.